The summed E-state index contributed by atoms with van der Waals surface area (Å²) in [5.41, 5.74) is -1.11. The monoisotopic (exact) mass is 291 g/mol. The third-order valence-corrected chi connectivity index (χ3v) is 3.67. The molecule has 0 spiro atoms. The molecule has 0 aliphatic carbocycles. The summed E-state index contributed by atoms with van der Waals surface area (Å²) in [6, 6.07) is 1.87. The fraction of sp³-hybridized carbons (Fsp3) is 0.571. The molecule has 0 radical (unpaired) electrons. The zero-order chi connectivity index (χ0) is 14.9. The van der Waals surface area contributed by atoms with E-state index in [4.69, 9.17) is 0 Å². The second-order valence-electron chi connectivity index (χ2n) is 5.41. The topological polar surface area (TPSA) is 32.3 Å². The van der Waals surface area contributed by atoms with Crippen molar-refractivity contribution in [1.29, 1.82) is 0 Å². The maximum absolute atomic E-state index is 13.3. The van der Waals surface area contributed by atoms with Crippen LogP contribution in [0.25, 0.3) is 0 Å². The van der Waals surface area contributed by atoms with Gasteiger partial charge in [0.1, 0.15) is 5.82 Å². The summed E-state index contributed by atoms with van der Waals surface area (Å²) in [5, 5.41) is 13.3. The Morgan fingerprint density at radius 3 is 2.60 bits per heavy atom. The molecule has 6 heteroatoms. The van der Waals surface area contributed by atoms with E-state index in [1.165, 1.54) is 0 Å². The number of rotatable bonds is 2. The van der Waals surface area contributed by atoms with Crippen LogP contribution in [0.15, 0.2) is 18.2 Å². The van der Waals surface area contributed by atoms with Gasteiger partial charge in [-0.3, -0.25) is 0 Å². The van der Waals surface area contributed by atoms with Crippen molar-refractivity contribution < 1.29 is 22.7 Å². The summed E-state index contributed by atoms with van der Waals surface area (Å²) in [7, 11) is 0. The molecule has 1 aromatic rings. The maximum Gasteiger partial charge on any atom is 0.416 e. The standard InChI is InChI=1S/C14H17F4NO/c1-8-2-3-19-12(4-8)13(20)9-5-10(14(16,17)18)7-11(15)6-9/h5-8,12-13,19-20H,2-4H2,1H3. The smallest absolute Gasteiger partial charge is 0.387 e. The molecule has 0 amide bonds. The summed E-state index contributed by atoms with van der Waals surface area (Å²) in [6.07, 6.45) is -4.15. The lowest BCUT2D eigenvalue weighted by Crippen LogP contribution is -2.41. The number of nitrogens with one attached hydrogen (secondary N) is 1. The summed E-state index contributed by atoms with van der Waals surface area (Å²) in [5.74, 6) is -0.607. The lowest BCUT2D eigenvalue weighted by molar-refractivity contribution is -0.137. The fourth-order valence-corrected chi connectivity index (χ4v) is 2.57. The fourth-order valence-electron chi connectivity index (χ4n) is 2.57. The highest BCUT2D eigenvalue weighted by Crippen LogP contribution is 2.33. The molecule has 1 saturated heterocycles. The number of alkyl halides is 3. The Labute approximate surface area is 114 Å². The van der Waals surface area contributed by atoms with E-state index in [9.17, 15) is 22.7 Å². The van der Waals surface area contributed by atoms with E-state index < -0.39 is 23.7 Å². The van der Waals surface area contributed by atoms with E-state index in [0.717, 1.165) is 18.6 Å². The molecule has 20 heavy (non-hydrogen) atoms. The number of hydrogen-bond donors (Lipinski definition) is 2. The first-order valence-corrected chi connectivity index (χ1v) is 6.56. The van der Waals surface area contributed by atoms with Gasteiger partial charge in [0, 0.05) is 6.04 Å². The molecular formula is C14H17F4NO. The Hall–Kier alpha value is -1.14. The molecule has 1 aromatic carbocycles. The van der Waals surface area contributed by atoms with Gasteiger partial charge in [-0.25, -0.2) is 4.39 Å². The normalized spacial score (nSPS) is 25.5. The average molecular weight is 291 g/mol. The van der Waals surface area contributed by atoms with Crippen LogP contribution in [0.4, 0.5) is 17.6 Å². The lowest BCUT2D eigenvalue weighted by atomic mass is 9.88. The molecule has 2 nitrogen and oxygen atoms in total. The Kier molecular flexibility index (Phi) is 4.34. The first kappa shape index (κ1) is 15.3. The van der Waals surface area contributed by atoms with Crippen molar-refractivity contribution in [1.82, 2.24) is 5.32 Å². The molecule has 3 unspecified atom stereocenters. The Balaban J connectivity index is 2.25. The molecule has 1 fully saturated rings. The van der Waals surface area contributed by atoms with Crippen molar-refractivity contribution >= 4 is 0 Å². The van der Waals surface area contributed by atoms with Crippen molar-refractivity contribution in [2.45, 2.75) is 38.1 Å². The van der Waals surface area contributed by atoms with E-state index in [2.05, 4.69) is 5.32 Å². The number of aliphatic hydroxyl groups is 1. The first-order chi connectivity index (χ1) is 9.27. The van der Waals surface area contributed by atoms with Crippen LogP contribution in [0, 0.1) is 11.7 Å². The zero-order valence-electron chi connectivity index (χ0n) is 11.0. The minimum atomic E-state index is -4.62. The molecule has 0 saturated carbocycles. The molecule has 2 rings (SSSR count). The summed E-state index contributed by atoms with van der Waals surface area (Å²) in [6.45, 7) is 2.72. The molecule has 1 aliphatic rings. The van der Waals surface area contributed by atoms with Gasteiger partial charge in [0.25, 0.3) is 0 Å². The van der Waals surface area contributed by atoms with Crippen molar-refractivity contribution in [2.24, 2.45) is 5.92 Å². The van der Waals surface area contributed by atoms with Crippen LogP contribution in [0.1, 0.15) is 37.0 Å². The molecule has 2 N–H and O–H groups in total. The third kappa shape index (κ3) is 3.49. The van der Waals surface area contributed by atoms with Gasteiger partial charge in [-0.15, -0.1) is 0 Å². The first-order valence-electron chi connectivity index (χ1n) is 6.56. The summed E-state index contributed by atoms with van der Waals surface area (Å²) in [4.78, 5) is 0. The predicted molar refractivity (Wildman–Crippen MR) is 66.6 cm³/mol. The van der Waals surface area contributed by atoms with E-state index >= 15 is 0 Å². The minimum absolute atomic E-state index is 0.0380. The zero-order valence-corrected chi connectivity index (χ0v) is 11.0. The number of benzene rings is 1. The molecule has 0 aromatic heterocycles. The van der Waals surface area contributed by atoms with Gasteiger partial charge < -0.3 is 10.4 Å². The number of halogens is 4. The van der Waals surface area contributed by atoms with Gasteiger partial charge in [-0.05, 0) is 49.1 Å². The van der Waals surface area contributed by atoms with E-state index in [-0.39, 0.29) is 11.6 Å². The van der Waals surface area contributed by atoms with Crippen LogP contribution in [0.2, 0.25) is 0 Å². The van der Waals surface area contributed by atoms with Gasteiger partial charge in [-0.1, -0.05) is 6.92 Å². The highest BCUT2D eigenvalue weighted by molar-refractivity contribution is 5.29. The van der Waals surface area contributed by atoms with Crippen molar-refractivity contribution in [3.63, 3.8) is 0 Å². The predicted octanol–water partition coefficient (Wildman–Crippen LogP) is 3.27. The number of aliphatic hydroxyl groups excluding tert-OH is 1. The van der Waals surface area contributed by atoms with Gasteiger partial charge in [0.2, 0.25) is 0 Å². The second kappa shape index (κ2) is 5.69. The van der Waals surface area contributed by atoms with Crippen LogP contribution in [-0.4, -0.2) is 17.7 Å². The van der Waals surface area contributed by atoms with Crippen LogP contribution in [0.3, 0.4) is 0 Å². The Morgan fingerprint density at radius 2 is 2.00 bits per heavy atom. The summed E-state index contributed by atoms with van der Waals surface area (Å²) < 4.78 is 51.3. The average Bonchev–Trinajstić information content (AvgIpc) is 2.36. The second-order valence-corrected chi connectivity index (χ2v) is 5.41. The Bertz CT molecular complexity index is 475. The highest BCUT2D eigenvalue weighted by atomic mass is 19.4. The van der Waals surface area contributed by atoms with Gasteiger partial charge in [0.05, 0.1) is 11.7 Å². The molecular weight excluding hydrogens is 274 g/mol. The van der Waals surface area contributed by atoms with E-state index in [1.54, 1.807) is 0 Å². The number of piperidine rings is 1. The third-order valence-electron chi connectivity index (χ3n) is 3.67. The van der Waals surface area contributed by atoms with Gasteiger partial charge in [-0.2, -0.15) is 13.2 Å². The lowest BCUT2D eigenvalue weighted by Gasteiger charge is -2.32. The molecule has 112 valence electrons. The summed E-state index contributed by atoms with van der Waals surface area (Å²) >= 11 is 0. The van der Waals surface area contributed by atoms with Crippen molar-refractivity contribution in [3.8, 4) is 0 Å². The van der Waals surface area contributed by atoms with Crippen LogP contribution < -0.4 is 5.32 Å². The van der Waals surface area contributed by atoms with Gasteiger partial charge in [0.15, 0.2) is 0 Å². The van der Waals surface area contributed by atoms with Crippen molar-refractivity contribution in [3.05, 3.63) is 35.1 Å². The molecule has 1 aliphatic heterocycles. The molecule has 0 bridgehead atoms. The van der Waals surface area contributed by atoms with Crippen molar-refractivity contribution in [2.75, 3.05) is 6.54 Å². The van der Waals surface area contributed by atoms with Crippen LogP contribution in [-0.2, 0) is 6.18 Å². The number of hydrogen-bond acceptors (Lipinski definition) is 2. The van der Waals surface area contributed by atoms with Crippen LogP contribution >= 0.6 is 0 Å². The van der Waals surface area contributed by atoms with Crippen LogP contribution in [0.5, 0.6) is 0 Å². The SMILES string of the molecule is CC1CCNC(C(O)c2cc(F)cc(C(F)(F)F)c2)C1. The highest BCUT2D eigenvalue weighted by Gasteiger charge is 2.33. The minimum Gasteiger partial charge on any atom is -0.387 e. The van der Waals surface area contributed by atoms with Gasteiger partial charge >= 0.3 is 6.18 Å². The Morgan fingerprint density at radius 1 is 1.30 bits per heavy atom. The quantitative estimate of drug-likeness (QED) is 0.820. The molecule has 1 heterocycles. The largest absolute Gasteiger partial charge is 0.416 e. The molecule has 3 atom stereocenters. The van der Waals surface area contributed by atoms with E-state index in [1.807, 2.05) is 6.92 Å². The maximum atomic E-state index is 13.3. The van der Waals surface area contributed by atoms with E-state index in [0.29, 0.717) is 24.9 Å².